The molecule has 0 fully saturated rings. The number of phenols is 4. The summed E-state index contributed by atoms with van der Waals surface area (Å²) in [7, 11) is 0. The molecule has 0 aliphatic heterocycles. The Morgan fingerprint density at radius 1 is 1.14 bits per heavy atom. The van der Waals surface area contributed by atoms with Crippen molar-refractivity contribution in [2.75, 3.05) is 6.26 Å². The van der Waals surface area contributed by atoms with Gasteiger partial charge in [-0.15, -0.1) is 11.8 Å². The van der Waals surface area contributed by atoms with E-state index < -0.39 is 17.2 Å². The van der Waals surface area contributed by atoms with Crippen LogP contribution in [0.15, 0.2) is 6.07 Å². The second-order valence-corrected chi connectivity index (χ2v) is 3.96. The smallest absolute Gasteiger partial charge is 0.201 e. The number of phenolic OH excluding ortho intramolecular Hbond substituents is 4. The highest BCUT2D eigenvalue weighted by molar-refractivity contribution is 8.23. The zero-order valence-electron chi connectivity index (χ0n) is 7.18. The minimum Gasteiger partial charge on any atom is -0.507 e. The van der Waals surface area contributed by atoms with Gasteiger partial charge in [-0.3, -0.25) is 0 Å². The summed E-state index contributed by atoms with van der Waals surface area (Å²) in [6, 6.07) is 0.924. The van der Waals surface area contributed by atoms with Gasteiger partial charge in [-0.25, -0.2) is 0 Å². The Morgan fingerprint density at radius 3 is 2.21 bits per heavy atom. The zero-order chi connectivity index (χ0) is 10.9. The summed E-state index contributed by atoms with van der Waals surface area (Å²) < 4.78 is 0.232. The van der Waals surface area contributed by atoms with Crippen molar-refractivity contribution in [1.29, 1.82) is 0 Å². The normalized spacial score (nSPS) is 10.1. The number of thiocarbonyl (C=S) groups is 1. The number of hydrogen-bond acceptors (Lipinski definition) is 6. The predicted octanol–water partition coefficient (Wildman–Crippen LogP) is 1.55. The van der Waals surface area contributed by atoms with E-state index >= 15 is 0 Å². The van der Waals surface area contributed by atoms with Crippen LogP contribution in [0.5, 0.6) is 23.0 Å². The monoisotopic (exact) mass is 232 g/mol. The van der Waals surface area contributed by atoms with Gasteiger partial charge in [0.2, 0.25) is 5.75 Å². The Labute approximate surface area is 89.8 Å². The molecule has 0 saturated carbocycles. The molecule has 0 heterocycles. The van der Waals surface area contributed by atoms with Crippen LogP contribution in [0.25, 0.3) is 0 Å². The maximum atomic E-state index is 9.39. The molecule has 14 heavy (non-hydrogen) atoms. The average molecular weight is 232 g/mol. The standard InChI is InChI=1S/C8H8O4S2/c1-14-8(13)5-3(9)2-4(10)6(11)7(5)12/h2,9-12H,1H3. The van der Waals surface area contributed by atoms with Crippen molar-refractivity contribution >= 4 is 28.2 Å². The third-order valence-electron chi connectivity index (χ3n) is 1.62. The van der Waals surface area contributed by atoms with Crippen LogP contribution in [0, 0.1) is 0 Å². The van der Waals surface area contributed by atoms with Gasteiger partial charge >= 0.3 is 0 Å². The van der Waals surface area contributed by atoms with Crippen molar-refractivity contribution in [3.8, 4) is 23.0 Å². The Balaban J connectivity index is 3.44. The number of thioether (sulfide) groups is 1. The van der Waals surface area contributed by atoms with Crippen LogP contribution < -0.4 is 0 Å². The summed E-state index contributed by atoms with van der Waals surface area (Å²) in [5.41, 5.74) is -0.0391. The lowest BCUT2D eigenvalue weighted by atomic mass is 10.1. The predicted molar refractivity (Wildman–Crippen MR) is 58.3 cm³/mol. The van der Waals surface area contributed by atoms with Crippen LogP contribution in [0.2, 0.25) is 0 Å². The van der Waals surface area contributed by atoms with Crippen molar-refractivity contribution < 1.29 is 20.4 Å². The van der Waals surface area contributed by atoms with Gasteiger partial charge in [-0.1, -0.05) is 12.2 Å². The molecule has 0 bridgehead atoms. The number of rotatable bonds is 1. The zero-order valence-corrected chi connectivity index (χ0v) is 8.82. The second kappa shape index (κ2) is 3.93. The first-order valence-corrected chi connectivity index (χ1v) is 5.17. The summed E-state index contributed by atoms with van der Waals surface area (Å²) in [5, 5.41) is 37.0. The first kappa shape index (κ1) is 10.9. The molecule has 0 atom stereocenters. The summed E-state index contributed by atoms with van der Waals surface area (Å²) in [6.07, 6.45) is 1.67. The lowest BCUT2D eigenvalue weighted by Crippen LogP contribution is -1.92. The SMILES string of the molecule is CSC(=S)c1c(O)cc(O)c(O)c1O. The van der Waals surface area contributed by atoms with E-state index in [0.717, 1.165) is 17.8 Å². The lowest BCUT2D eigenvalue weighted by molar-refractivity contribution is 0.360. The van der Waals surface area contributed by atoms with Gasteiger partial charge in [-0.2, -0.15) is 0 Å². The molecule has 0 spiro atoms. The van der Waals surface area contributed by atoms with Gasteiger partial charge in [0.25, 0.3) is 0 Å². The first-order valence-electron chi connectivity index (χ1n) is 3.54. The molecule has 4 nitrogen and oxygen atoms in total. The fourth-order valence-electron chi connectivity index (χ4n) is 0.934. The third-order valence-corrected chi connectivity index (χ3v) is 2.90. The topological polar surface area (TPSA) is 80.9 Å². The van der Waals surface area contributed by atoms with E-state index in [1.54, 1.807) is 6.26 Å². The molecular formula is C8H8O4S2. The van der Waals surface area contributed by atoms with E-state index in [0.29, 0.717) is 0 Å². The molecule has 0 radical (unpaired) electrons. The van der Waals surface area contributed by atoms with Gasteiger partial charge < -0.3 is 20.4 Å². The highest BCUT2D eigenvalue weighted by atomic mass is 32.2. The summed E-state index contributed by atoms with van der Waals surface area (Å²) in [4.78, 5) is 0. The molecule has 0 aliphatic rings. The van der Waals surface area contributed by atoms with E-state index in [9.17, 15) is 15.3 Å². The van der Waals surface area contributed by atoms with Crippen molar-refractivity contribution in [2.24, 2.45) is 0 Å². The minimum absolute atomic E-state index is 0.0391. The Morgan fingerprint density at radius 2 is 1.71 bits per heavy atom. The first-order chi connectivity index (χ1) is 6.49. The summed E-state index contributed by atoms with van der Waals surface area (Å²) >= 11 is 5.99. The van der Waals surface area contributed by atoms with Crippen LogP contribution in [0.1, 0.15) is 5.56 Å². The van der Waals surface area contributed by atoms with Crippen LogP contribution in [0.4, 0.5) is 0 Å². The Hall–Kier alpha value is -1.14. The van der Waals surface area contributed by atoms with E-state index in [2.05, 4.69) is 0 Å². The summed E-state index contributed by atoms with van der Waals surface area (Å²) in [6.45, 7) is 0. The van der Waals surface area contributed by atoms with Crippen molar-refractivity contribution in [3.05, 3.63) is 11.6 Å². The van der Waals surface area contributed by atoms with Crippen LogP contribution in [0.3, 0.4) is 0 Å². The molecule has 0 aromatic heterocycles. The Bertz CT molecular complexity index is 389. The van der Waals surface area contributed by atoms with E-state index in [4.69, 9.17) is 17.3 Å². The minimum atomic E-state index is -0.686. The van der Waals surface area contributed by atoms with Gasteiger partial charge in [0.1, 0.15) is 5.75 Å². The Kier molecular flexibility index (Phi) is 3.07. The van der Waals surface area contributed by atoms with Gasteiger partial charge in [0, 0.05) is 6.07 Å². The van der Waals surface area contributed by atoms with Crippen molar-refractivity contribution in [1.82, 2.24) is 0 Å². The fourth-order valence-corrected chi connectivity index (χ4v) is 1.54. The van der Waals surface area contributed by atoms with Gasteiger partial charge in [0.15, 0.2) is 11.5 Å². The molecule has 0 aliphatic carbocycles. The highest BCUT2D eigenvalue weighted by Gasteiger charge is 2.19. The molecule has 1 aromatic carbocycles. The molecule has 6 heteroatoms. The highest BCUT2D eigenvalue weighted by Crippen LogP contribution is 2.43. The van der Waals surface area contributed by atoms with E-state index in [1.165, 1.54) is 0 Å². The molecular weight excluding hydrogens is 224 g/mol. The maximum Gasteiger partial charge on any atom is 0.201 e. The third kappa shape index (κ3) is 1.71. The van der Waals surface area contributed by atoms with E-state index in [1.807, 2.05) is 0 Å². The maximum absolute atomic E-state index is 9.39. The van der Waals surface area contributed by atoms with Gasteiger partial charge in [0.05, 0.1) is 9.76 Å². The van der Waals surface area contributed by atoms with E-state index in [-0.39, 0.29) is 15.5 Å². The summed E-state index contributed by atoms with van der Waals surface area (Å²) in [5.74, 6) is -2.25. The van der Waals surface area contributed by atoms with Crippen LogP contribution >= 0.6 is 24.0 Å². The molecule has 1 aromatic rings. The molecule has 0 unspecified atom stereocenters. The van der Waals surface area contributed by atoms with Crippen LogP contribution in [-0.2, 0) is 0 Å². The largest absolute Gasteiger partial charge is 0.507 e. The number of hydrogen-bond donors (Lipinski definition) is 4. The quantitative estimate of drug-likeness (QED) is 0.334. The van der Waals surface area contributed by atoms with Crippen molar-refractivity contribution in [2.45, 2.75) is 0 Å². The van der Waals surface area contributed by atoms with Gasteiger partial charge in [-0.05, 0) is 6.26 Å². The fraction of sp³-hybridized carbons (Fsp3) is 0.125. The lowest BCUT2D eigenvalue weighted by Gasteiger charge is -2.09. The second-order valence-electron chi connectivity index (χ2n) is 2.48. The molecule has 76 valence electrons. The molecule has 0 saturated heterocycles. The number of aromatic hydroxyl groups is 4. The molecule has 4 N–H and O–H groups in total. The molecule has 0 amide bonds. The number of benzene rings is 1. The van der Waals surface area contributed by atoms with Crippen LogP contribution in [-0.4, -0.2) is 30.9 Å². The van der Waals surface area contributed by atoms with Crippen molar-refractivity contribution in [3.63, 3.8) is 0 Å². The molecule has 1 rings (SSSR count). The average Bonchev–Trinajstić information content (AvgIpc) is 2.14.